The molecule has 5 heterocycles. The standard InChI is InChI=1S/C33H41N7O4.C2HF3O2/c41-20-26-28(42)29(43)32(44-26)40-21-35-27-30(34-18-25(22-10-3-1-4-11-22)23-12-5-2-6-13-23)36-33(37-31(27)40)39-17-9-14-24(39)19-38-15-7-8-16-38;3-2(4,5)1(6)7/h1-6,10-13,21,24-26,28-29,32,41-43H,7-9,14-20H2,(H,34,36,37);(H,6,7)/t24-,26+,28+,29+,32+;/m0./s1. The zero-order valence-corrected chi connectivity index (χ0v) is 27.8. The number of alkyl halides is 3. The molecule has 0 amide bonds. The van der Waals surface area contributed by atoms with E-state index in [1.54, 1.807) is 10.9 Å². The molecule has 0 spiro atoms. The van der Waals surface area contributed by atoms with Crippen LogP contribution in [0.4, 0.5) is 24.9 Å². The third kappa shape index (κ3) is 8.25. The molecular formula is C35H42F3N7O6. The van der Waals surface area contributed by atoms with Crippen molar-refractivity contribution in [3.63, 3.8) is 0 Å². The molecule has 0 bridgehead atoms. The number of aromatic nitrogens is 4. The summed E-state index contributed by atoms with van der Waals surface area (Å²) in [6.07, 6.45) is -3.16. The fourth-order valence-corrected chi connectivity index (χ4v) is 7.00. The van der Waals surface area contributed by atoms with Gasteiger partial charge in [0.05, 0.1) is 12.9 Å². The van der Waals surface area contributed by atoms with Crippen LogP contribution in [-0.4, -0.2) is 121 Å². The van der Waals surface area contributed by atoms with Gasteiger partial charge in [-0.2, -0.15) is 23.1 Å². The minimum atomic E-state index is -5.08. The Bertz CT molecular complexity index is 1700. The van der Waals surface area contributed by atoms with Gasteiger partial charge in [0.2, 0.25) is 5.95 Å². The summed E-state index contributed by atoms with van der Waals surface area (Å²) in [7, 11) is 0. The van der Waals surface area contributed by atoms with E-state index in [1.807, 2.05) is 12.1 Å². The minimum absolute atomic E-state index is 0.0723. The average molecular weight is 714 g/mol. The molecule has 0 radical (unpaired) electrons. The van der Waals surface area contributed by atoms with E-state index in [-0.39, 0.29) is 5.92 Å². The van der Waals surface area contributed by atoms with Gasteiger partial charge in [-0.05, 0) is 49.9 Å². The van der Waals surface area contributed by atoms with E-state index in [0.717, 1.165) is 39.0 Å². The number of carboxylic acid groups (broad SMARTS) is 1. The molecule has 13 nitrogen and oxygen atoms in total. The maximum Gasteiger partial charge on any atom is 0.490 e. The Morgan fingerprint density at radius 1 is 0.941 bits per heavy atom. The summed E-state index contributed by atoms with van der Waals surface area (Å²) >= 11 is 0. The molecule has 5 N–H and O–H groups in total. The highest BCUT2D eigenvalue weighted by atomic mass is 19.4. The molecule has 5 atom stereocenters. The molecule has 16 heteroatoms. The molecule has 4 aromatic rings. The van der Waals surface area contributed by atoms with Gasteiger partial charge in [0.15, 0.2) is 23.2 Å². The summed E-state index contributed by atoms with van der Waals surface area (Å²) in [5.41, 5.74) is 3.45. The number of hydrogen-bond acceptors (Lipinski definition) is 11. The summed E-state index contributed by atoms with van der Waals surface area (Å²) in [6, 6.07) is 21.2. The van der Waals surface area contributed by atoms with Crippen molar-refractivity contribution >= 4 is 28.9 Å². The van der Waals surface area contributed by atoms with Crippen molar-refractivity contribution in [1.82, 2.24) is 24.4 Å². The second-order valence-corrected chi connectivity index (χ2v) is 13.0. The molecule has 3 aliphatic heterocycles. The van der Waals surface area contributed by atoms with Crippen molar-refractivity contribution in [2.75, 3.05) is 49.5 Å². The van der Waals surface area contributed by atoms with Crippen LogP contribution in [0.2, 0.25) is 0 Å². The van der Waals surface area contributed by atoms with Crippen LogP contribution in [-0.2, 0) is 9.53 Å². The zero-order valence-electron chi connectivity index (χ0n) is 27.8. The third-order valence-electron chi connectivity index (χ3n) is 9.62. The van der Waals surface area contributed by atoms with Crippen molar-refractivity contribution < 1.29 is 43.1 Å². The Balaban J connectivity index is 0.000000582. The molecule has 3 saturated heterocycles. The fraction of sp³-hybridized carbons (Fsp3) is 0.486. The van der Waals surface area contributed by atoms with Gasteiger partial charge in [-0.1, -0.05) is 60.7 Å². The molecule has 0 aliphatic carbocycles. The first-order valence-corrected chi connectivity index (χ1v) is 17.0. The van der Waals surface area contributed by atoms with Crippen molar-refractivity contribution in [3.05, 3.63) is 78.1 Å². The van der Waals surface area contributed by atoms with E-state index < -0.39 is 43.3 Å². The van der Waals surface area contributed by atoms with Gasteiger partial charge in [0.1, 0.15) is 18.3 Å². The zero-order chi connectivity index (χ0) is 36.1. The number of carboxylic acids is 1. The van der Waals surface area contributed by atoms with E-state index >= 15 is 0 Å². The molecule has 3 fully saturated rings. The lowest BCUT2D eigenvalue weighted by Crippen LogP contribution is -2.40. The van der Waals surface area contributed by atoms with Crippen LogP contribution in [0.5, 0.6) is 0 Å². The Kier molecular flexibility index (Phi) is 11.4. The van der Waals surface area contributed by atoms with Crippen LogP contribution in [0.1, 0.15) is 49.0 Å². The number of halogens is 3. The Labute approximate surface area is 292 Å². The van der Waals surface area contributed by atoms with Gasteiger partial charge in [0, 0.05) is 31.6 Å². The van der Waals surface area contributed by atoms with Gasteiger partial charge in [-0.25, -0.2) is 9.78 Å². The summed E-state index contributed by atoms with van der Waals surface area (Å²) in [4.78, 5) is 28.5. The Morgan fingerprint density at radius 2 is 1.57 bits per heavy atom. The lowest BCUT2D eigenvalue weighted by atomic mass is 9.91. The van der Waals surface area contributed by atoms with Gasteiger partial charge in [0.25, 0.3) is 0 Å². The van der Waals surface area contributed by atoms with Gasteiger partial charge in [-0.3, -0.25) is 4.57 Å². The predicted octanol–water partition coefficient (Wildman–Crippen LogP) is 3.38. The summed E-state index contributed by atoms with van der Waals surface area (Å²) < 4.78 is 39.3. The molecule has 3 aliphatic rings. The van der Waals surface area contributed by atoms with Gasteiger partial charge < -0.3 is 40.3 Å². The number of fused-ring (bicyclic) bond motifs is 1. The first-order chi connectivity index (χ1) is 24.5. The maximum absolute atomic E-state index is 10.9. The monoisotopic (exact) mass is 713 g/mol. The average Bonchev–Trinajstić information content (AvgIpc) is 3.95. The number of rotatable bonds is 10. The number of aliphatic hydroxyl groups excluding tert-OH is 3. The molecule has 51 heavy (non-hydrogen) atoms. The number of hydrogen-bond donors (Lipinski definition) is 5. The Hall–Kier alpha value is -4.35. The van der Waals surface area contributed by atoms with Crippen LogP contribution in [0, 0.1) is 0 Å². The molecule has 2 aromatic carbocycles. The molecule has 2 aromatic heterocycles. The maximum atomic E-state index is 10.9. The number of nitrogens with zero attached hydrogens (tertiary/aromatic N) is 6. The fourth-order valence-electron chi connectivity index (χ4n) is 7.00. The first-order valence-electron chi connectivity index (χ1n) is 17.0. The van der Waals surface area contributed by atoms with Crippen LogP contribution in [0.3, 0.4) is 0 Å². The number of carbonyl (C=O) groups is 1. The predicted molar refractivity (Wildman–Crippen MR) is 181 cm³/mol. The van der Waals surface area contributed by atoms with Crippen molar-refractivity contribution in [2.45, 2.75) is 68.4 Å². The highest BCUT2D eigenvalue weighted by molar-refractivity contribution is 5.84. The number of aliphatic hydroxyl groups is 3. The van der Waals surface area contributed by atoms with E-state index in [2.05, 4.69) is 68.6 Å². The quantitative estimate of drug-likeness (QED) is 0.163. The Morgan fingerprint density at radius 3 is 2.14 bits per heavy atom. The number of nitrogens with one attached hydrogen (secondary N) is 1. The van der Waals surface area contributed by atoms with E-state index in [0.29, 0.717) is 35.5 Å². The molecule has 7 rings (SSSR count). The van der Waals surface area contributed by atoms with Gasteiger partial charge in [-0.15, -0.1) is 0 Å². The lowest BCUT2D eigenvalue weighted by Gasteiger charge is -2.29. The van der Waals surface area contributed by atoms with Crippen molar-refractivity contribution in [1.29, 1.82) is 0 Å². The summed E-state index contributed by atoms with van der Waals surface area (Å²) in [6.45, 7) is 4.30. The van der Waals surface area contributed by atoms with Crippen LogP contribution < -0.4 is 10.2 Å². The van der Waals surface area contributed by atoms with E-state index in [4.69, 9.17) is 24.6 Å². The van der Waals surface area contributed by atoms with E-state index in [9.17, 15) is 28.5 Å². The van der Waals surface area contributed by atoms with E-state index in [1.165, 1.54) is 24.0 Å². The van der Waals surface area contributed by atoms with Crippen LogP contribution in [0.25, 0.3) is 11.2 Å². The van der Waals surface area contributed by atoms with Crippen molar-refractivity contribution in [3.8, 4) is 0 Å². The highest BCUT2D eigenvalue weighted by Crippen LogP contribution is 2.35. The lowest BCUT2D eigenvalue weighted by molar-refractivity contribution is -0.192. The topological polar surface area (TPSA) is 169 Å². The molecular weight excluding hydrogens is 671 g/mol. The number of aliphatic carboxylic acids is 1. The number of likely N-dealkylation sites (tertiary alicyclic amines) is 1. The molecule has 0 saturated carbocycles. The number of benzene rings is 2. The normalized spacial score (nSPS) is 23.9. The second kappa shape index (κ2) is 15.9. The number of ether oxygens (including phenoxy) is 1. The summed E-state index contributed by atoms with van der Waals surface area (Å²) in [5.74, 6) is -1.46. The molecule has 274 valence electrons. The number of anilines is 2. The highest BCUT2D eigenvalue weighted by Gasteiger charge is 2.44. The minimum Gasteiger partial charge on any atom is -0.475 e. The SMILES string of the molecule is O=C(O)C(F)(F)F.OC[C@H]1O[C@@H](n2cnc3c(NCC(c4ccccc4)c4ccccc4)nc(N4CCC[C@H]4CN4CCCC4)nc32)[C@H](O)[C@@H]1O. The van der Waals surface area contributed by atoms with Crippen LogP contribution in [0.15, 0.2) is 67.0 Å². The smallest absolute Gasteiger partial charge is 0.475 e. The van der Waals surface area contributed by atoms with Crippen molar-refractivity contribution in [2.24, 2.45) is 0 Å². The summed E-state index contributed by atoms with van der Waals surface area (Å²) in [5, 5.41) is 41.8. The number of imidazole rings is 1. The molecule has 0 unspecified atom stereocenters. The van der Waals surface area contributed by atoms with Crippen LogP contribution >= 0.6 is 0 Å². The van der Waals surface area contributed by atoms with Gasteiger partial charge >= 0.3 is 12.1 Å². The first kappa shape index (κ1) is 36.4. The largest absolute Gasteiger partial charge is 0.490 e. The third-order valence-corrected chi connectivity index (χ3v) is 9.62. The second-order valence-electron chi connectivity index (χ2n) is 13.0.